The van der Waals surface area contributed by atoms with E-state index in [2.05, 4.69) is 15.9 Å². The van der Waals surface area contributed by atoms with E-state index in [1.54, 1.807) is 18.2 Å². The molecule has 24 heavy (non-hydrogen) atoms. The highest BCUT2D eigenvalue weighted by molar-refractivity contribution is 9.10. The van der Waals surface area contributed by atoms with Crippen molar-refractivity contribution in [3.05, 3.63) is 69.9 Å². The van der Waals surface area contributed by atoms with Crippen molar-refractivity contribution >= 4 is 28.1 Å². The predicted octanol–water partition coefficient (Wildman–Crippen LogP) is 3.00. The van der Waals surface area contributed by atoms with Crippen molar-refractivity contribution in [2.45, 2.75) is 12.2 Å². The first-order valence-corrected chi connectivity index (χ1v) is 8.05. The zero-order valence-corrected chi connectivity index (χ0v) is 14.1. The largest absolute Gasteiger partial charge is 0.315 e. The third-order valence-corrected chi connectivity index (χ3v) is 4.42. The van der Waals surface area contributed by atoms with Crippen LogP contribution in [0.3, 0.4) is 0 Å². The Morgan fingerprint density at radius 1 is 1.25 bits per heavy atom. The first kappa shape index (κ1) is 16.8. The van der Waals surface area contributed by atoms with Gasteiger partial charge in [-0.1, -0.05) is 28.1 Å². The first-order valence-electron chi connectivity index (χ1n) is 7.26. The van der Waals surface area contributed by atoms with Crippen LogP contribution in [0.1, 0.15) is 22.1 Å². The number of carbonyl (C=O) groups excluding carboxylic acids is 2. The maximum Gasteiger partial charge on any atom is 0.255 e. The number of hydrogen-bond donors (Lipinski definition) is 1. The summed E-state index contributed by atoms with van der Waals surface area (Å²) in [5.41, 5.74) is 0.947. The molecule has 0 aliphatic carbocycles. The maximum atomic E-state index is 13.1. The van der Waals surface area contributed by atoms with E-state index in [0.29, 0.717) is 11.8 Å². The molecule has 0 radical (unpaired) electrons. The van der Waals surface area contributed by atoms with Gasteiger partial charge in [-0.2, -0.15) is 5.06 Å². The lowest BCUT2D eigenvalue weighted by Gasteiger charge is -2.27. The predicted molar refractivity (Wildman–Crippen MR) is 87.8 cm³/mol. The number of nitrogens with zero attached hydrogens (tertiary/aromatic N) is 2. The monoisotopic (exact) mass is 392 g/mol. The summed E-state index contributed by atoms with van der Waals surface area (Å²) in [7, 11) is 0. The van der Waals surface area contributed by atoms with Gasteiger partial charge < -0.3 is 14.9 Å². The minimum absolute atomic E-state index is 0.0490. The highest BCUT2D eigenvalue weighted by atomic mass is 79.9. The first-order chi connectivity index (χ1) is 11.5. The van der Waals surface area contributed by atoms with E-state index < -0.39 is 18.0 Å². The van der Waals surface area contributed by atoms with Crippen LogP contribution in [0.5, 0.6) is 0 Å². The number of benzene rings is 2. The van der Waals surface area contributed by atoms with E-state index in [4.69, 9.17) is 0 Å². The molecule has 0 spiro atoms. The van der Waals surface area contributed by atoms with Gasteiger partial charge in [-0.25, -0.2) is 4.39 Å². The molecule has 1 heterocycles. The average molecular weight is 393 g/mol. The van der Waals surface area contributed by atoms with Crippen molar-refractivity contribution in [1.82, 2.24) is 9.96 Å². The van der Waals surface area contributed by atoms with Crippen LogP contribution in [0.25, 0.3) is 0 Å². The second-order valence-corrected chi connectivity index (χ2v) is 6.39. The molecule has 1 aliphatic heterocycles. The summed E-state index contributed by atoms with van der Waals surface area (Å²) in [6.45, 7) is 0.0490. The second kappa shape index (κ2) is 6.80. The third-order valence-electron chi connectivity index (χ3n) is 3.93. The van der Waals surface area contributed by atoms with Crippen LogP contribution in [0, 0.1) is 5.82 Å². The summed E-state index contributed by atoms with van der Waals surface area (Å²) in [6.07, 6.45) is -0.196. The molecule has 7 heteroatoms. The molecule has 2 atom stereocenters. The van der Waals surface area contributed by atoms with Crippen molar-refractivity contribution in [3.8, 4) is 0 Å². The molecule has 0 saturated carbocycles. The molecule has 2 aromatic carbocycles. The number of hydrogen-bond acceptors (Lipinski definition) is 4. The van der Waals surface area contributed by atoms with Crippen molar-refractivity contribution in [2.75, 3.05) is 6.54 Å². The van der Waals surface area contributed by atoms with Crippen molar-refractivity contribution in [2.24, 2.45) is 0 Å². The average Bonchev–Trinajstić information content (AvgIpc) is 2.91. The fourth-order valence-electron chi connectivity index (χ4n) is 2.77. The smallest absolute Gasteiger partial charge is 0.255 e. The van der Waals surface area contributed by atoms with Crippen LogP contribution < -0.4 is 0 Å². The van der Waals surface area contributed by atoms with E-state index >= 15 is 0 Å². The van der Waals surface area contributed by atoms with Gasteiger partial charge in [0.1, 0.15) is 24.3 Å². The SMILES string of the molecule is O=CC1CN(C(=O)c2ccc(F)cc2)C(c2cccc(Br)c2)N1O. The molecule has 5 nitrogen and oxygen atoms in total. The Morgan fingerprint density at radius 3 is 2.58 bits per heavy atom. The van der Waals surface area contributed by atoms with Crippen LogP contribution >= 0.6 is 15.9 Å². The number of halogens is 2. The molecule has 1 fully saturated rings. The molecule has 0 aromatic heterocycles. The number of rotatable bonds is 3. The van der Waals surface area contributed by atoms with Gasteiger partial charge in [-0.3, -0.25) is 4.79 Å². The molecule has 2 aromatic rings. The highest BCUT2D eigenvalue weighted by Crippen LogP contribution is 2.33. The standard InChI is InChI=1S/C17H14BrFN2O3/c18-13-3-1-2-12(8-13)16-20(9-15(10-22)21(16)24)17(23)11-4-6-14(19)7-5-11/h1-8,10,15-16,24H,9H2. The van der Waals surface area contributed by atoms with Gasteiger partial charge in [0.15, 0.2) is 0 Å². The van der Waals surface area contributed by atoms with E-state index in [-0.39, 0.29) is 18.0 Å². The van der Waals surface area contributed by atoms with Gasteiger partial charge in [0, 0.05) is 16.6 Å². The Labute approximate surface area is 146 Å². The second-order valence-electron chi connectivity index (χ2n) is 5.48. The summed E-state index contributed by atoms with van der Waals surface area (Å²) < 4.78 is 13.9. The lowest BCUT2D eigenvalue weighted by molar-refractivity contribution is -0.154. The molecule has 124 valence electrons. The van der Waals surface area contributed by atoms with E-state index in [1.807, 2.05) is 6.07 Å². The molecule has 0 bridgehead atoms. The molecule has 3 rings (SSSR count). The van der Waals surface area contributed by atoms with Gasteiger partial charge in [0.05, 0.1) is 0 Å². The molecule has 1 N–H and O–H groups in total. The van der Waals surface area contributed by atoms with E-state index in [1.165, 1.54) is 29.2 Å². The number of aldehydes is 1. The molecule has 1 amide bonds. The fraction of sp³-hybridized carbons (Fsp3) is 0.176. The van der Waals surface area contributed by atoms with Crippen LogP contribution in [0.15, 0.2) is 53.0 Å². The Kier molecular flexibility index (Phi) is 4.75. The van der Waals surface area contributed by atoms with Gasteiger partial charge in [-0.15, -0.1) is 0 Å². The van der Waals surface area contributed by atoms with Crippen LogP contribution in [0.2, 0.25) is 0 Å². The van der Waals surface area contributed by atoms with Crippen LogP contribution in [-0.2, 0) is 4.79 Å². The summed E-state index contributed by atoms with van der Waals surface area (Å²) >= 11 is 3.36. The van der Waals surface area contributed by atoms with Gasteiger partial charge in [0.25, 0.3) is 5.91 Å². The third kappa shape index (κ3) is 3.10. The Balaban J connectivity index is 1.98. The summed E-state index contributed by atoms with van der Waals surface area (Å²) in [4.78, 5) is 25.4. The molecular weight excluding hydrogens is 379 g/mol. The number of hydroxylamine groups is 2. The van der Waals surface area contributed by atoms with Crippen LogP contribution in [0.4, 0.5) is 4.39 Å². The lowest BCUT2D eigenvalue weighted by Crippen LogP contribution is -2.34. The summed E-state index contributed by atoms with van der Waals surface area (Å²) in [5, 5.41) is 11.2. The number of amides is 1. The molecule has 1 aliphatic rings. The Morgan fingerprint density at radius 2 is 1.96 bits per heavy atom. The zero-order valence-electron chi connectivity index (χ0n) is 12.5. The molecule has 2 unspecified atom stereocenters. The fourth-order valence-corrected chi connectivity index (χ4v) is 3.18. The van der Waals surface area contributed by atoms with Crippen molar-refractivity contribution in [3.63, 3.8) is 0 Å². The minimum atomic E-state index is -0.821. The minimum Gasteiger partial charge on any atom is -0.315 e. The number of carbonyl (C=O) groups is 2. The highest BCUT2D eigenvalue weighted by Gasteiger charge is 2.42. The van der Waals surface area contributed by atoms with Crippen molar-refractivity contribution < 1.29 is 19.2 Å². The Hall–Kier alpha value is -2.09. The van der Waals surface area contributed by atoms with E-state index in [9.17, 15) is 19.2 Å². The quantitative estimate of drug-likeness (QED) is 0.815. The molecule has 1 saturated heterocycles. The van der Waals surface area contributed by atoms with Gasteiger partial charge >= 0.3 is 0 Å². The van der Waals surface area contributed by atoms with E-state index in [0.717, 1.165) is 9.54 Å². The van der Waals surface area contributed by atoms with Gasteiger partial charge in [-0.05, 0) is 42.0 Å². The zero-order chi connectivity index (χ0) is 17.3. The lowest BCUT2D eigenvalue weighted by atomic mass is 10.1. The summed E-state index contributed by atoms with van der Waals surface area (Å²) in [6, 6.07) is 11.5. The molecular formula is C17H14BrFN2O3. The van der Waals surface area contributed by atoms with Crippen molar-refractivity contribution in [1.29, 1.82) is 0 Å². The Bertz CT molecular complexity index is 769. The van der Waals surface area contributed by atoms with Crippen LogP contribution in [-0.4, -0.2) is 40.0 Å². The summed E-state index contributed by atoms with van der Waals surface area (Å²) in [5.74, 6) is -0.825. The van der Waals surface area contributed by atoms with Gasteiger partial charge in [0.2, 0.25) is 0 Å². The normalized spacial score (nSPS) is 21.0. The topological polar surface area (TPSA) is 60.9 Å². The maximum absolute atomic E-state index is 13.1.